The maximum absolute atomic E-state index is 14.7. The maximum Gasteiger partial charge on any atom is 0.200 e. The number of unbranched alkanes of at least 4 members (excludes halogenated alkanes) is 2. The highest BCUT2D eigenvalue weighted by Gasteiger charge is 2.36. The van der Waals surface area contributed by atoms with Crippen molar-refractivity contribution in [3.8, 4) is 5.75 Å². The molecule has 1 aliphatic heterocycles. The van der Waals surface area contributed by atoms with Crippen LogP contribution in [-0.4, -0.2) is 19.3 Å². The molecule has 0 radical (unpaired) electrons. The van der Waals surface area contributed by atoms with Crippen LogP contribution in [0.4, 0.5) is 8.78 Å². The summed E-state index contributed by atoms with van der Waals surface area (Å²) in [5, 5.41) is 0. The molecule has 1 unspecified atom stereocenters. The van der Waals surface area contributed by atoms with Crippen molar-refractivity contribution >= 4 is 0 Å². The van der Waals surface area contributed by atoms with E-state index in [9.17, 15) is 8.78 Å². The van der Waals surface area contributed by atoms with Gasteiger partial charge >= 0.3 is 0 Å². The van der Waals surface area contributed by atoms with Crippen molar-refractivity contribution in [1.29, 1.82) is 0 Å². The Hall–Kier alpha value is -1.16. The molecule has 4 heteroatoms. The van der Waals surface area contributed by atoms with Gasteiger partial charge in [-0.2, -0.15) is 4.39 Å². The fourth-order valence-corrected chi connectivity index (χ4v) is 7.10. The maximum atomic E-state index is 14.7. The van der Waals surface area contributed by atoms with Crippen LogP contribution in [0.1, 0.15) is 115 Å². The highest BCUT2D eigenvalue weighted by molar-refractivity contribution is 5.33. The van der Waals surface area contributed by atoms with Crippen molar-refractivity contribution in [2.45, 2.75) is 116 Å². The lowest BCUT2D eigenvalue weighted by Crippen LogP contribution is -2.37. The molecule has 1 saturated heterocycles. The lowest BCUT2D eigenvalue weighted by Gasteiger charge is -2.41. The Kier molecular flexibility index (Phi) is 9.68. The van der Waals surface area contributed by atoms with Gasteiger partial charge in [0.15, 0.2) is 11.6 Å². The molecule has 0 N–H and O–H groups in total. The molecule has 1 aromatic carbocycles. The number of rotatable bonds is 9. The summed E-state index contributed by atoms with van der Waals surface area (Å²) in [6.45, 7) is 5.32. The van der Waals surface area contributed by atoms with Crippen LogP contribution in [-0.2, 0) is 4.74 Å². The van der Waals surface area contributed by atoms with Gasteiger partial charge in [0, 0.05) is 0 Å². The minimum absolute atomic E-state index is 0.0244. The van der Waals surface area contributed by atoms with E-state index < -0.39 is 11.6 Å². The SMILES string of the molecule is CCCCC[C@H]1CC[C@H](C2CC[C@@H](C3CCC(c4ccc(OCC)c(F)c4F)CC3)CO2)CC1. The fraction of sp³-hybridized carbons (Fsp3) is 0.800. The predicted octanol–water partition coefficient (Wildman–Crippen LogP) is 8.82. The standard InChI is InChI=1S/C30H46F2O2/c1-3-5-6-7-21-8-10-24(11-9-21)27-18-16-25(20-34-27)22-12-14-23(15-13-22)26-17-19-28(33-4-2)30(32)29(26)31/h17,19,21-25,27H,3-16,18,20H2,1-2H3/t21-,22?,23?,24-,25-,27?/m1/s1. The van der Waals surface area contributed by atoms with Crippen LogP contribution in [0, 0.1) is 35.3 Å². The van der Waals surface area contributed by atoms with Crippen LogP contribution >= 0.6 is 0 Å². The molecule has 192 valence electrons. The Balaban J connectivity index is 1.19. The lowest BCUT2D eigenvalue weighted by molar-refractivity contribution is -0.0733. The summed E-state index contributed by atoms with van der Waals surface area (Å²) in [4.78, 5) is 0. The first-order valence-electron chi connectivity index (χ1n) is 14.3. The van der Waals surface area contributed by atoms with Crippen LogP contribution in [0.2, 0.25) is 0 Å². The van der Waals surface area contributed by atoms with Crippen molar-refractivity contribution in [3.05, 3.63) is 29.3 Å². The first-order chi connectivity index (χ1) is 16.6. The van der Waals surface area contributed by atoms with Gasteiger partial charge in [-0.1, -0.05) is 51.5 Å². The number of hydrogen-bond donors (Lipinski definition) is 0. The van der Waals surface area contributed by atoms with Gasteiger partial charge in [0.1, 0.15) is 0 Å². The number of benzene rings is 1. The Morgan fingerprint density at radius 3 is 2.15 bits per heavy atom. The zero-order chi connectivity index (χ0) is 23.9. The van der Waals surface area contributed by atoms with E-state index in [-0.39, 0.29) is 11.7 Å². The van der Waals surface area contributed by atoms with Crippen LogP contribution in [0.25, 0.3) is 0 Å². The topological polar surface area (TPSA) is 18.5 Å². The van der Waals surface area contributed by atoms with Crippen molar-refractivity contribution < 1.29 is 18.3 Å². The van der Waals surface area contributed by atoms with Crippen LogP contribution < -0.4 is 4.74 Å². The molecule has 1 heterocycles. The minimum atomic E-state index is -0.830. The molecule has 0 amide bonds. The first kappa shape index (κ1) is 25.9. The largest absolute Gasteiger partial charge is 0.491 e. The summed E-state index contributed by atoms with van der Waals surface area (Å²) in [7, 11) is 0. The summed E-state index contributed by atoms with van der Waals surface area (Å²) < 4.78 is 40.7. The third-order valence-corrected chi connectivity index (χ3v) is 9.23. The Morgan fingerprint density at radius 2 is 1.50 bits per heavy atom. The number of halogens is 2. The van der Waals surface area contributed by atoms with E-state index in [4.69, 9.17) is 9.47 Å². The van der Waals surface area contributed by atoms with E-state index >= 15 is 0 Å². The average molecular weight is 477 g/mol. The van der Waals surface area contributed by atoms with E-state index in [1.807, 2.05) is 0 Å². The van der Waals surface area contributed by atoms with Crippen LogP contribution in [0.3, 0.4) is 0 Å². The molecule has 2 saturated carbocycles. The molecule has 34 heavy (non-hydrogen) atoms. The van der Waals surface area contributed by atoms with E-state index in [0.717, 1.165) is 44.1 Å². The van der Waals surface area contributed by atoms with E-state index in [1.165, 1.54) is 64.2 Å². The van der Waals surface area contributed by atoms with Gasteiger partial charge in [0.2, 0.25) is 5.82 Å². The summed E-state index contributed by atoms with van der Waals surface area (Å²) in [5.74, 6) is 1.65. The van der Waals surface area contributed by atoms with E-state index in [0.29, 0.717) is 30.1 Å². The van der Waals surface area contributed by atoms with Crippen LogP contribution in [0.5, 0.6) is 5.75 Å². The summed E-state index contributed by atoms with van der Waals surface area (Å²) in [6.07, 6.45) is 18.2. The van der Waals surface area contributed by atoms with Crippen molar-refractivity contribution in [3.63, 3.8) is 0 Å². The summed E-state index contributed by atoms with van der Waals surface area (Å²) in [5.41, 5.74) is 0.532. The van der Waals surface area contributed by atoms with Gasteiger partial charge in [0.25, 0.3) is 0 Å². The first-order valence-corrected chi connectivity index (χ1v) is 14.3. The van der Waals surface area contributed by atoms with Crippen LogP contribution in [0.15, 0.2) is 12.1 Å². The second-order valence-corrected chi connectivity index (χ2v) is 11.3. The Bertz CT molecular complexity index is 742. The lowest BCUT2D eigenvalue weighted by atomic mass is 9.71. The Morgan fingerprint density at radius 1 is 0.794 bits per heavy atom. The van der Waals surface area contributed by atoms with E-state index in [1.54, 1.807) is 19.1 Å². The van der Waals surface area contributed by atoms with E-state index in [2.05, 4.69) is 6.92 Å². The highest BCUT2D eigenvalue weighted by Crippen LogP contribution is 2.44. The number of ether oxygens (including phenoxy) is 2. The zero-order valence-corrected chi connectivity index (χ0v) is 21.5. The molecular weight excluding hydrogens is 430 g/mol. The Labute approximate surface area is 206 Å². The molecule has 4 rings (SSSR count). The summed E-state index contributed by atoms with van der Waals surface area (Å²) in [6, 6.07) is 3.33. The van der Waals surface area contributed by atoms with Gasteiger partial charge in [-0.15, -0.1) is 0 Å². The molecule has 3 fully saturated rings. The minimum Gasteiger partial charge on any atom is -0.491 e. The summed E-state index contributed by atoms with van der Waals surface area (Å²) >= 11 is 0. The zero-order valence-electron chi connectivity index (χ0n) is 21.5. The van der Waals surface area contributed by atoms with Crippen molar-refractivity contribution in [1.82, 2.24) is 0 Å². The van der Waals surface area contributed by atoms with Gasteiger partial charge in [-0.25, -0.2) is 4.39 Å². The molecule has 2 atom stereocenters. The smallest absolute Gasteiger partial charge is 0.200 e. The molecule has 0 aromatic heterocycles. The van der Waals surface area contributed by atoms with Gasteiger partial charge in [-0.3, -0.25) is 0 Å². The quantitative estimate of drug-likeness (QED) is 0.331. The monoisotopic (exact) mass is 476 g/mol. The van der Waals surface area contributed by atoms with Crippen molar-refractivity contribution in [2.24, 2.45) is 23.7 Å². The molecule has 2 aliphatic carbocycles. The normalized spacial score (nSPS) is 32.5. The van der Waals surface area contributed by atoms with Crippen molar-refractivity contribution in [2.75, 3.05) is 13.2 Å². The second kappa shape index (κ2) is 12.7. The number of hydrogen-bond acceptors (Lipinski definition) is 2. The molecular formula is C30H46F2O2. The van der Waals surface area contributed by atoms with Gasteiger partial charge < -0.3 is 9.47 Å². The molecule has 1 aromatic rings. The average Bonchev–Trinajstić information content (AvgIpc) is 2.88. The van der Waals surface area contributed by atoms with Gasteiger partial charge in [-0.05, 0) is 99.5 Å². The highest BCUT2D eigenvalue weighted by atomic mass is 19.2. The third-order valence-electron chi connectivity index (χ3n) is 9.23. The molecule has 0 spiro atoms. The second-order valence-electron chi connectivity index (χ2n) is 11.3. The predicted molar refractivity (Wildman–Crippen MR) is 134 cm³/mol. The third kappa shape index (κ3) is 6.33. The molecule has 3 aliphatic rings. The molecule has 0 bridgehead atoms. The fourth-order valence-electron chi connectivity index (χ4n) is 7.10. The van der Waals surface area contributed by atoms with Gasteiger partial charge in [0.05, 0.1) is 19.3 Å². The molecule has 2 nitrogen and oxygen atoms in total.